The Hall–Kier alpha value is -1.72. The zero-order valence-electron chi connectivity index (χ0n) is 29.4. The van der Waals surface area contributed by atoms with Gasteiger partial charge in [0.15, 0.2) is 12.1 Å². The number of alkyl halides is 3. The van der Waals surface area contributed by atoms with Crippen LogP contribution >= 0.6 is 11.6 Å². The highest BCUT2D eigenvalue weighted by molar-refractivity contribution is 7.87. The molecule has 1 fully saturated rings. The van der Waals surface area contributed by atoms with Gasteiger partial charge in [-0.3, -0.25) is 0 Å². The first kappa shape index (κ1) is 42.4. The first-order valence-corrected chi connectivity index (χ1v) is 19.8. The summed E-state index contributed by atoms with van der Waals surface area (Å²) >= 11 is 5.71. The average Bonchev–Trinajstić information content (AvgIpc) is 3.43. The van der Waals surface area contributed by atoms with Crippen molar-refractivity contribution >= 4 is 30.0 Å². The standard InChI is InChI=1S/C32H51ClF3NO9SSi/c1-21(2)48(22(3)4,23(5)6)46-28(16-24(7)13-14-25(40-8)12-11-15-33)27-17-26(41-9)18-31(42-10,44-27)19-29-37-30(20-43-29)45-47(38,39)32(34,35)36/h11,13-16,20-23,25-28H,12,17-19H2,1-10H3/t25-,26-,27-,28-,31+/m1/s1. The van der Waals surface area contributed by atoms with Gasteiger partial charge in [-0.2, -0.15) is 26.6 Å². The molecule has 1 saturated heterocycles. The summed E-state index contributed by atoms with van der Waals surface area (Å²) in [4.78, 5) is 3.83. The smallest absolute Gasteiger partial charge is 0.445 e. The number of rotatable bonds is 18. The van der Waals surface area contributed by atoms with Gasteiger partial charge in [-0.25, -0.2) is 0 Å². The molecule has 0 amide bonds. The first-order chi connectivity index (χ1) is 22.3. The van der Waals surface area contributed by atoms with Crippen LogP contribution in [-0.2, 0) is 39.9 Å². The van der Waals surface area contributed by atoms with E-state index < -0.39 is 47.8 Å². The fourth-order valence-electron chi connectivity index (χ4n) is 6.44. The number of hydrogen-bond acceptors (Lipinski definition) is 10. The quantitative estimate of drug-likeness (QED) is 0.0630. The molecular formula is C32H51ClF3NO9SSi. The van der Waals surface area contributed by atoms with E-state index in [9.17, 15) is 21.6 Å². The lowest BCUT2D eigenvalue weighted by atomic mass is 9.92. The molecule has 0 spiro atoms. The van der Waals surface area contributed by atoms with Crippen molar-refractivity contribution in [2.75, 3.05) is 21.3 Å². The summed E-state index contributed by atoms with van der Waals surface area (Å²) in [6.07, 6.45) is 7.79. The molecule has 0 radical (unpaired) electrons. The van der Waals surface area contributed by atoms with Crippen molar-refractivity contribution in [3.8, 4) is 5.88 Å². The van der Waals surface area contributed by atoms with Gasteiger partial charge in [0.05, 0.1) is 30.8 Å². The third-order valence-electron chi connectivity index (χ3n) is 8.71. The van der Waals surface area contributed by atoms with E-state index in [0.717, 1.165) is 5.57 Å². The Morgan fingerprint density at radius 3 is 2.27 bits per heavy atom. The van der Waals surface area contributed by atoms with Gasteiger partial charge in [-0.1, -0.05) is 83.0 Å². The minimum atomic E-state index is -5.94. The molecule has 48 heavy (non-hydrogen) atoms. The lowest BCUT2D eigenvalue weighted by Crippen LogP contribution is -2.57. The molecule has 1 aliphatic rings. The molecule has 2 rings (SSSR count). The maximum atomic E-state index is 12.9. The van der Waals surface area contributed by atoms with Crippen LogP contribution in [-0.4, -0.2) is 78.8 Å². The van der Waals surface area contributed by atoms with Gasteiger partial charge >= 0.3 is 15.6 Å². The lowest BCUT2D eigenvalue weighted by Gasteiger charge is -2.49. The van der Waals surface area contributed by atoms with Gasteiger partial charge in [0.1, 0.15) is 0 Å². The highest BCUT2D eigenvalue weighted by atomic mass is 35.5. The van der Waals surface area contributed by atoms with E-state index in [1.165, 1.54) is 12.6 Å². The van der Waals surface area contributed by atoms with Gasteiger partial charge < -0.3 is 32.0 Å². The molecule has 5 atom stereocenters. The summed E-state index contributed by atoms with van der Waals surface area (Å²) in [5.41, 5.74) is -2.49. The van der Waals surface area contributed by atoms with Crippen LogP contribution in [0.1, 0.15) is 73.6 Å². The number of oxazole rings is 1. The van der Waals surface area contributed by atoms with Gasteiger partial charge in [0.25, 0.3) is 5.88 Å². The van der Waals surface area contributed by atoms with E-state index in [4.69, 9.17) is 39.4 Å². The molecule has 0 bridgehead atoms. The summed E-state index contributed by atoms with van der Waals surface area (Å²) in [5, 5.41) is 0. The number of ether oxygens (including phenoxy) is 4. The SMILES string of the molecule is CO[C@@H]1C[C@H]([C@@H](C=C(C)C=C[C@@H](CC=CCl)OC)O[Si](C(C)C)(C(C)C)C(C)C)O[C@@](Cc2nc(OS(=O)(=O)C(F)(F)F)co2)(OC)C1. The Labute approximate surface area is 289 Å². The van der Waals surface area contributed by atoms with E-state index in [2.05, 4.69) is 50.7 Å². The monoisotopic (exact) mass is 745 g/mol. The summed E-state index contributed by atoms with van der Waals surface area (Å²) in [7, 11) is -3.80. The zero-order valence-corrected chi connectivity index (χ0v) is 31.9. The number of halogens is 4. The van der Waals surface area contributed by atoms with Gasteiger partial charge in [0.2, 0.25) is 14.2 Å². The number of methoxy groups -OCH3 is 3. The molecular weight excluding hydrogens is 695 g/mol. The Morgan fingerprint density at radius 2 is 1.77 bits per heavy atom. The van der Waals surface area contributed by atoms with Gasteiger partial charge in [0, 0.05) is 39.7 Å². The predicted octanol–water partition coefficient (Wildman–Crippen LogP) is 8.20. The van der Waals surface area contributed by atoms with Crippen molar-refractivity contribution in [2.45, 2.75) is 126 Å². The van der Waals surface area contributed by atoms with Crippen molar-refractivity contribution in [1.29, 1.82) is 0 Å². The summed E-state index contributed by atoms with van der Waals surface area (Å²) in [6.45, 7) is 15.1. The van der Waals surface area contributed by atoms with Crippen LogP contribution in [0.4, 0.5) is 13.2 Å². The second-order valence-corrected chi connectivity index (χ2v) is 20.0. The molecule has 1 aromatic heterocycles. The third-order valence-corrected chi connectivity index (χ3v) is 15.9. The Morgan fingerprint density at radius 1 is 1.15 bits per heavy atom. The molecule has 2 heterocycles. The Bertz CT molecular complexity index is 1330. The van der Waals surface area contributed by atoms with Crippen LogP contribution in [0.5, 0.6) is 5.88 Å². The molecule has 1 aliphatic heterocycles. The molecule has 1 aromatic rings. The summed E-state index contributed by atoms with van der Waals surface area (Å²) in [6, 6.07) is 0. The van der Waals surface area contributed by atoms with Gasteiger partial charge in [-0.05, 0) is 30.0 Å². The number of aromatic nitrogens is 1. The maximum Gasteiger partial charge on any atom is 0.534 e. The van der Waals surface area contributed by atoms with Crippen LogP contribution in [0.25, 0.3) is 0 Å². The minimum absolute atomic E-state index is 0.154. The van der Waals surface area contributed by atoms with Gasteiger partial charge in [-0.15, -0.1) is 0 Å². The normalized spacial score (nSPS) is 23.2. The van der Waals surface area contributed by atoms with Crippen molar-refractivity contribution in [3.05, 3.63) is 47.6 Å². The fraction of sp³-hybridized carbons (Fsp3) is 0.719. The summed E-state index contributed by atoms with van der Waals surface area (Å²) in [5.74, 6) is -2.44. The largest absolute Gasteiger partial charge is 0.534 e. The molecule has 0 unspecified atom stereocenters. The van der Waals surface area contributed by atoms with E-state index in [0.29, 0.717) is 19.1 Å². The van der Waals surface area contributed by atoms with Crippen LogP contribution in [0.3, 0.4) is 0 Å². The molecule has 276 valence electrons. The molecule has 0 aromatic carbocycles. The molecule has 0 N–H and O–H groups in total. The maximum absolute atomic E-state index is 12.9. The van der Waals surface area contributed by atoms with E-state index >= 15 is 0 Å². The number of hydrogen-bond donors (Lipinski definition) is 0. The van der Waals surface area contributed by atoms with E-state index in [1.54, 1.807) is 14.2 Å². The lowest BCUT2D eigenvalue weighted by molar-refractivity contribution is -0.297. The van der Waals surface area contributed by atoms with E-state index in [-0.39, 0.29) is 47.6 Å². The van der Waals surface area contributed by atoms with Crippen LogP contribution in [0, 0.1) is 0 Å². The second kappa shape index (κ2) is 18.0. The van der Waals surface area contributed by atoms with Crippen molar-refractivity contribution in [3.63, 3.8) is 0 Å². The third kappa shape index (κ3) is 10.9. The van der Waals surface area contributed by atoms with Crippen LogP contribution < -0.4 is 4.18 Å². The highest BCUT2D eigenvalue weighted by Crippen LogP contribution is 2.45. The Balaban J connectivity index is 2.57. The van der Waals surface area contributed by atoms with Crippen LogP contribution in [0.15, 0.2) is 46.1 Å². The second-order valence-electron chi connectivity index (χ2n) is 12.8. The minimum Gasteiger partial charge on any atom is -0.445 e. The molecule has 0 saturated carbocycles. The number of allylic oxidation sites excluding steroid dienone is 2. The zero-order chi connectivity index (χ0) is 36.5. The molecule has 10 nitrogen and oxygen atoms in total. The van der Waals surface area contributed by atoms with Crippen LogP contribution in [0.2, 0.25) is 16.6 Å². The molecule has 16 heteroatoms. The fourth-order valence-corrected chi connectivity index (χ4v) is 12.4. The van der Waals surface area contributed by atoms with E-state index in [1.807, 2.05) is 31.2 Å². The molecule has 0 aliphatic carbocycles. The topological polar surface area (TPSA) is 116 Å². The average molecular weight is 746 g/mol. The predicted molar refractivity (Wildman–Crippen MR) is 180 cm³/mol. The van der Waals surface area contributed by atoms with Crippen molar-refractivity contribution < 1.29 is 53.6 Å². The van der Waals surface area contributed by atoms with Crippen molar-refractivity contribution in [2.24, 2.45) is 0 Å². The first-order valence-electron chi connectivity index (χ1n) is 15.8. The Kier molecular flexibility index (Phi) is 15.9. The van der Waals surface area contributed by atoms with Crippen molar-refractivity contribution in [1.82, 2.24) is 4.98 Å². The summed E-state index contributed by atoms with van der Waals surface area (Å²) < 4.78 is 102. The highest BCUT2D eigenvalue weighted by Gasteiger charge is 2.52. The number of nitrogens with zero attached hydrogens (tertiary/aromatic N) is 1.